The second kappa shape index (κ2) is 3.14. The lowest BCUT2D eigenvalue weighted by Crippen LogP contribution is -2.02. The van der Waals surface area contributed by atoms with Gasteiger partial charge in [0.15, 0.2) is 6.29 Å². The molecule has 2 unspecified atom stereocenters. The molecule has 0 aromatic carbocycles. The summed E-state index contributed by atoms with van der Waals surface area (Å²) in [4.78, 5) is 10.0. The molecule has 0 aromatic heterocycles. The quantitative estimate of drug-likeness (QED) is 0.419. The molecular formula is C7H6N2O2. The Kier molecular flexibility index (Phi) is 2.20. The van der Waals surface area contributed by atoms with Gasteiger partial charge in [-0.2, -0.15) is 10.5 Å². The molecule has 4 nitrogen and oxygen atoms in total. The van der Waals surface area contributed by atoms with Gasteiger partial charge < -0.3 is 9.53 Å². The number of rotatable bonds is 3. The Bertz CT molecular complexity index is 224. The Morgan fingerprint density at radius 2 is 2.18 bits per heavy atom. The van der Waals surface area contributed by atoms with E-state index in [-0.39, 0.29) is 12.2 Å². The van der Waals surface area contributed by atoms with Crippen molar-refractivity contribution in [1.29, 1.82) is 10.5 Å². The molecule has 1 aliphatic rings. The van der Waals surface area contributed by atoms with E-state index in [0.29, 0.717) is 12.7 Å². The second-order valence-corrected chi connectivity index (χ2v) is 2.32. The standard InChI is InChI=1S/C7H6N2O2/c8-2-5(3-9)1-6-7(4-10)11-6/h4-7H,1H2. The average molecular weight is 150 g/mol. The smallest absolute Gasteiger partial charge is 0.151 e. The number of ether oxygens (including phenoxy) is 1. The molecule has 0 radical (unpaired) electrons. The zero-order valence-electron chi connectivity index (χ0n) is 5.73. The Balaban J connectivity index is 2.29. The van der Waals surface area contributed by atoms with Gasteiger partial charge in [-0.25, -0.2) is 0 Å². The lowest BCUT2D eigenvalue weighted by Gasteiger charge is -1.91. The van der Waals surface area contributed by atoms with E-state index in [2.05, 4.69) is 0 Å². The lowest BCUT2D eigenvalue weighted by molar-refractivity contribution is -0.108. The van der Waals surface area contributed by atoms with Crippen molar-refractivity contribution in [2.45, 2.75) is 18.6 Å². The van der Waals surface area contributed by atoms with Gasteiger partial charge in [-0.15, -0.1) is 0 Å². The van der Waals surface area contributed by atoms with Crippen LogP contribution in [0.1, 0.15) is 6.42 Å². The first-order valence-corrected chi connectivity index (χ1v) is 3.21. The van der Waals surface area contributed by atoms with E-state index in [1.807, 2.05) is 12.1 Å². The van der Waals surface area contributed by atoms with Crippen molar-refractivity contribution >= 4 is 6.29 Å². The summed E-state index contributed by atoms with van der Waals surface area (Å²) in [6.07, 6.45) is 0.461. The van der Waals surface area contributed by atoms with Gasteiger partial charge in [0.1, 0.15) is 12.0 Å². The summed E-state index contributed by atoms with van der Waals surface area (Å²) in [5.74, 6) is -0.648. The molecular weight excluding hydrogens is 144 g/mol. The Labute approximate surface area is 64.0 Å². The van der Waals surface area contributed by atoms with Crippen molar-refractivity contribution in [3.05, 3.63) is 0 Å². The van der Waals surface area contributed by atoms with Crippen LogP contribution in [-0.4, -0.2) is 18.5 Å². The van der Waals surface area contributed by atoms with Gasteiger partial charge in [-0.05, 0) is 0 Å². The predicted molar refractivity (Wildman–Crippen MR) is 34.1 cm³/mol. The van der Waals surface area contributed by atoms with Crippen molar-refractivity contribution in [2.75, 3.05) is 0 Å². The zero-order chi connectivity index (χ0) is 8.27. The third-order valence-corrected chi connectivity index (χ3v) is 1.54. The molecule has 1 fully saturated rings. The molecule has 0 spiro atoms. The SMILES string of the molecule is N#CC(C#N)CC1OC1C=O. The minimum absolute atomic E-state index is 0.197. The van der Waals surface area contributed by atoms with Crippen molar-refractivity contribution in [3.63, 3.8) is 0 Å². The molecule has 1 aliphatic heterocycles. The monoisotopic (exact) mass is 150 g/mol. The Morgan fingerprint density at radius 1 is 1.55 bits per heavy atom. The highest BCUT2D eigenvalue weighted by Crippen LogP contribution is 2.26. The largest absolute Gasteiger partial charge is 0.362 e. The van der Waals surface area contributed by atoms with Gasteiger partial charge in [-0.3, -0.25) is 0 Å². The Hall–Kier alpha value is -1.39. The van der Waals surface area contributed by atoms with E-state index in [9.17, 15) is 4.79 Å². The highest BCUT2D eigenvalue weighted by atomic mass is 16.6. The van der Waals surface area contributed by atoms with Crippen molar-refractivity contribution in [1.82, 2.24) is 0 Å². The first-order chi connectivity index (χ1) is 5.31. The second-order valence-electron chi connectivity index (χ2n) is 2.32. The number of epoxide rings is 1. The van der Waals surface area contributed by atoms with E-state index in [1.54, 1.807) is 0 Å². The summed E-state index contributed by atoms with van der Waals surface area (Å²) in [7, 11) is 0. The normalized spacial score (nSPS) is 27.2. The van der Waals surface area contributed by atoms with E-state index in [1.165, 1.54) is 0 Å². The lowest BCUT2D eigenvalue weighted by atomic mass is 10.1. The van der Waals surface area contributed by atoms with Crippen molar-refractivity contribution < 1.29 is 9.53 Å². The zero-order valence-corrected chi connectivity index (χ0v) is 5.73. The molecule has 0 aromatic rings. The summed E-state index contributed by atoms with van der Waals surface area (Å²) in [6, 6.07) is 3.62. The number of hydrogen-bond donors (Lipinski definition) is 0. The van der Waals surface area contributed by atoms with Gasteiger partial charge >= 0.3 is 0 Å². The van der Waals surface area contributed by atoms with Crippen LogP contribution < -0.4 is 0 Å². The predicted octanol–water partition coefficient (Wildman–Crippen LogP) is 0.00616. The van der Waals surface area contributed by atoms with Gasteiger partial charge in [-0.1, -0.05) is 0 Å². The summed E-state index contributed by atoms with van der Waals surface area (Å²) < 4.78 is 4.83. The molecule has 0 aliphatic carbocycles. The molecule has 0 N–H and O–H groups in total. The van der Waals surface area contributed by atoms with Gasteiger partial charge in [0.05, 0.1) is 18.2 Å². The number of aldehydes is 1. The van der Waals surface area contributed by atoms with Crippen LogP contribution in [0.3, 0.4) is 0 Å². The van der Waals surface area contributed by atoms with Gasteiger partial charge in [0, 0.05) is 6.42 Å². The molecule has 0 amide bonds. The highest BCUT2D eigenvalue weighted by Gasteiger charge is 2.40. The van der Waals surface area contributed by atoms with Gasteiger partial charge in [0.2, 0.25) is 0 Å². The molecule has 2 atom stereocenters. The maximum Gasteiger partial charge on any atom is 0.151 e. The molecule has 0 bridgehead atoms. The molecule has 4 heteroatoms. The summed E-state index contributed by atoms with van der Waals surface area (Å²) in [5.41, 5.74) is 0. The third-order valence-electron chi connectivity index (χ3n) is 1.54. The van der Waals surface area contributed by atoms with Crippen molar-refractivity contribution in [3.8, 4) is 12.1 Å². The average Bonchev–Trinajstić information content (AvgIpc) is 2.78. The highest BCUT2D eigenvalue weighted by molar-refractivity contribution is 5.60. The van der Waals surface area contributed by atoms with E-state index >= 15 is 0 Å². The molecule has 11 heavy (non-hydrogen) atoms. The fourth-order valence-electron chi connectivity index (χ4n) is 0.832. The van der Waals surface area contributed by atoms with E-state index < -0.39 is 5.92 Å². The van der Waals surface area contributed by atoms with Crippen molar-refractivity contribution in [2.24, 2.45) is 5.92 Å². The minimum Gasteiger partial charge on any atom is -0.362 e. The number of nitriles is 2. The molecule has 56 valence electrons. The Morgan fingerprint density at radius 3 is 2.55 bits per heavy atom. The van der Waals surface area contributed by atoms with Crippen LogP contribution in [-0.2, 0) is 9.53 Å². The van der Waals surface area contributed by atoms with Crippen LogP contribution >= 0.6 is 0 Å². The number of hydrogen-bond acceptors (Lipinski definition) is 4. The summed E-state index contributed by atoms with van der Waals surface area (Å²) >= 11 is 0. The topological polar surface area (TPSA) is 77.2 Å². The van der Waals surface area contributed by atoms with E-state index in [4.69, 9.17) is 15.3 Å². The van der Waals surface area contributed by atoms with Crippen LogP contribution in [0.2, 0.25) is 0 Å². The maximum atomic E-state index is 10.0. The first kappa shape index (κ1) is 7.71. The fourth-order valence-corrected chi connectivity index (χ4v) is 0.832. The summed E-state index contributed by atoms with van der Waals surface area (Å²) in [6.45, 7) is 0. The number of carbonyl (C=O) groups is 1. The van der Waals surface area contributed by atoms with Crippen LogP contribution in [0.15, 0.2) is 0 Å². The van der Waals surface area contributed by atoms with Gasteiger partial charge in [0.25, 0.3) is 0 Å². The molecule has 1 saturated heterocycles. The fraction of sp³-hybridized carbons (Fsp3) is 0.571. The number of nitrogens with zero attached hydrogens (tertiary/aromatic N) is 2. The third kappa shape index (κ3) is 1.76. The van der Waals surface area contributed by atoms with E-state index in [0.717, 1.165) is 0 Å². The van der Waals surface area contributed by atoms with Crippen LogP contribution in [0, 0.1) is 28.6 Å². The first-order valence-electron chi connectivity index (χ1n) is 3.21. The molecule has 0 saturated carbocycles. The molecule has 1 rings (SSSR count). The maximum absolute atomic E-state index is 10.0. The molecule has 1 heterocycles. The van der Waals surface area contributed by atoms with Crippen LogP contribution in [0.5, 0.6) is 0 Å². The number of carbonyl (C=O) groups excluding carboxylic acids is 1. The van der Waals surface area contributed by atoms with Crippen LogP contribution in [0.4, 0.5) is 0 Å². The minimum atomic E-state index is -0.648. The van der Waals surface area contributed by atoms with Crippen LogP contribution in [0.25, 0.3) is 0 Å². The summed E-state index contributed by atoms with van der Waals surface area (Å²) in [5, 5.41) is 16.7.